The van der Waals surface area contributed by atoms with Crippen LogP contribution in [0, 0.1) is 13.8 Å². The van der Waals surface area contributed by atoms with Gasteiger partial charge in [-0.25, -0.2) is 4.99 Å². The molecule has 2 aromatic rings. The number of hydrogen-bond acceptors (Lipinski definition) is 2. The number of rotatable bonds is 3. The van der Waals surface area contributed by atoms with Crippen LogP contribution in [0.3, 0.4) is 0 Å². The van der Waals surface area contributed by atoms with Crippen molar-refractivity contribution in [1.82, 2.24) is 0 Å². The fourth-order valence-electron chi connectivity index (χ4n) is 3.12. The van der Waals surface area contributed by atoms with Gasteiger partial charge in [-0.1, -0.05) is 18.2 Å². The van der Waals surface area contributed by atoms with Gasteiger partial charge in [0.25, 0.3) is 0 Å². The minimum absolute atomic E-state index is 0.452. The third-order valence-electron chi connectivity index (χ3n) is 4.71. The van der Waals surface area contributed by atoms with E-state index in [1.807, 2.05) is 6.07 Å². The molecule has 4 heteroatoms. The molecule has 1 aliphatic heterocycles. The Balaban J connectivity index is 1.67. The Hall–Kier alpha value is -2.49. The highest BCUT2D eigenvalue weighted by Crippen LogP contribution is 2.27. The molecule has 0 aliphatic carbocycles. The first kappa shape index (κ1) is 16.4. The molecule has 126 valence electrons. The molecule has 1 aliphatic rings. The average molecular weight is 322 g/mol. The van der Waals surface area contributed by atoms with Crippen LogP contribution in [0.15, 0.2) is 41.4 Å². The lowest BCUT2D eigenvalue weighted by Gasteiger charge is -2.27. The molecular formula is C20H26N4. The summed E-state index contributed by atoms with van der Waals surface area (Å²) in [5.41, 5.74) is 13.5. The summed E-state index contributed by atoms with van der Waals surface area (Å²) in [6.45, 7) is 5.93. The Morgan fingerprint density at radius 2 is 2.00 bits per heavy atom. The van der Waals surface area contributed by atoms with E-state index in [9.17, 15) is 0 Å². The summed E-state index contributed by atoms with van der Waals surface area (Å²) in [5.74, 6) is 0.452. The molecule has 0 amide bonds. The second-order valence-corrected chi connectivity index (χ2v) is 6.61. The average Bonchev–Trinajstić information content (AvgIpc) is 2.56. The van der Waals surface area contributed by atoms with Gasteiger partial charge in [0, 0.05) is 25.0 Å². The highest BCUT2D eigenvalue weighted by molar-refractivity contribution is 5.92. The maximum absolute atomic E-state index is 6.03. The number of nitrogens with two attached hydrogens (primary N) is 1. The van der Waals surface area contributed by atoms with Crippen molar-refractivity contribution in [1.29, 1.82) is 0 Å². The van der Waals surface area contributed by atoms with Crippen LogP contribution in [-0.4, -0.2) is 19.6 Å². The van der Waals surface area contributed by atoms with Crippen molar-refractivity contribution < 1.29 is 0 Å². The maximum Gasteiger partial charge on any atom is 0.193 e. The van der Waals surface area contributed by atoms with Crippen molar-refractivity contribution in [2.24, 2.45) is 10.7 Å². The van der Waals surface area contributed by atoms with Crippen LogP contribution in [0.25, 0.3) is 0 Å². The monoisotopic (exact) mass is 322 g/mol. The van der Waals surface area contributed by atoms with Crippen LogP contribution >= 0.6 is 0 Å². The SMILES string of the molecule is Cc1ccc(NC(N)=NCc2ccc3c(c2)CCCN3C)cc1C. The Morgan fingerprint density at radius 3 is 2.79 bits per heavy atom. The highest BCUT2D eigenvalue weighted by atomic mass is 15.1. The Morgan fingerprint density at radius 1 is 1.17 bits per heavy atom. The highest BCUT2D eigenvalue weighted by Gasteiger charge is 2.13. The molecule has 4 nitrogen and oxygen atoms in total. The minimum Gasteiger partial charge on any atom is -0.374 e. The molecular weight excluding hydrogens is 296 g/mol. The smallest absolute Gasteiger partial charge is 0.193 e. The molecule has 0 atom stereocenters. The van der Waals surface area contributed by atoms with Crippen molar-refractivity contribution >= 4 is 17.3 Å². The molecule has 0 spiro atoms. The number of hydrogen-bond donors (Lipinski definition) is 2. The van der Waals surface area contributed by atoms with Gasteiger partial charge in [-0.3, -0.25) is 0 Å². The van der Waals surface area contributed by atoms with E-state index in [1.54, 1.807) is 0 Å². The minimum atomic E-state index is 0.452. The summed E-state index contributed by atoms with van der Waals surface area (Å²) >= 11 is 0. The maximum atomic E-state index is 6.03. The summed E-state index contributed by atoms with van der Waals surface area (Å²) in [4.78, 5) is 6.80. The normalized spacial score (nSPS) is 14.5. The summed E-state index contributed by atoms with van der Waals surface area (Å²) in [6, 6.07) is 12.8. The molecule has 3 rings (SSSR count). The molecule has 0 unspecified atom stereocenters. The molecule has 0 radical (unpaired) electrons. The van der Waals surface area contributed by atoms with Crippen molar-refractivity contribution in [3.63, 3.8) is 0 Å². The van der Waals surface area contributed by atoms with E-state index in [1.165, 1.54) is 34.4 Å². The van der Waals surface area contributed by atoms with E-state index in [-0.39, 0.29) is 0 Å². The molecule has 2 aromatic carbocycles. The standard InChI is InChI=1S/C20H26N4/c1-14-6-8-18(11-15(14)2)23-20(21)22-13-16-7-9-19-17(12-16)5-4-10-24(19)3/h6-9,11-12H,4-5,10,13H2,1-3H3,(H3,21,22,23). The summed E-state index contributed by atoms with van der Waals surface area (Å²) < 4.78 is 0. The lowest BCUT2D eigenvalue weighted by atomic mass is 10.00. The molecule has 1 heterocycles. The lowest BCUT2D eigenvalue weighted by Crippen LogP contribution is -2.24. The van der Waals surface area contributed by atoms with Gasteiger partial charge in [0.05, 0.1) is 6.54 Å². The summed E-state index contributed by atoms with van der Waals surface area (Å²) in [7, 11) is 2.15. The number of fused-ring (bicyclic) bond motifs is 1. The predicted molar refractivity (Wildman–Crippen MR) is 103 cm³/mol. The van der Waals surface area contributed by atoms with Crippen LogP contribution in [0.5, 0.6) is 0 Å². The fraction of sp³-hybridized carbons (Fsp3) is 0.350. The number of aryl methyl sites for hydroxylation is 3. The second-order valence-electron chi connectivity index (χ2n) is 6.61. The number of nitrogens with zero attached hydrogens (tertiary/aromatic N) is 2. The van der Waals surface area contributed by atoms with E-state index in [2.05, 4.69) is 66.4 Å². The van der Waals surface area contributed by atoms with Gasteiger partial charge < -0.3 is 16.0 Å². The first-order chi connectivity index (χ1) is 11.5. The fourth-order valence-corrected chi connectivity index (χ4v) is 3.12. The van der Waals surface area contributed by atoms with Gasteiger partial charge in [-0.15, -0.1) is 0 Å². The van der Waals surface area contributed by atoms with Crippen LogP contribution in [-0.2, 0) is 13.0 Å². The third-order valence-corrected chi connectivity index (χ3v) is 4.71. The van der Waals surface area contributed by atoms with Gasteiger partial charge in [-0.2, -0.15) is 0 Å². The number of guanidine groups is 1. The molecule has 0 fully saturated rings. The summed E-state index contributed by atoms with van der Waals surface area (Å²) in [6.07, 6.45) is 2.36. The zero-order valence-electron chi connectivity index (χ0n) is 14.8. The van der Waals surface area contributed by atoms with Crippen LogP contribution in [0.2, 0.25) is 0 Å². The van der Waals surface area contributed by atoms with E-state index in [0.717, 1.165) is 18.7 Å². The number of aliphatic imine (C=N–C) groups is 1. The first-order valence-electron chi connectivity index (χ1n) is 8.50. The van der Waals surface area contributed by atoms with E-state index in [0.29, 0.717) is 12.5 Å². The van der Waals surface area contributed by atoms with E-state index in [4.69, 9.17) is 5.73 Å². The van der Waals surface area contributed by atoms with Gasteiger partial charge >= 0.3 is 0 Å². The molecule has 0 aromatic heterocycles. The molecule has 24 heavy (non-hydrogen) atoms. The van der Waals surface area contributed by atoms with Crippen molar-refractivity contribution in [2.45, 2.75) is 33.2 Å². The van der Waals surface area contributed by atoms with Crippen LogP contribution in [0.4, 0.5) is 11.4 Å². The van der Waals surface area contributed by atoms with Crippen LogP contribution in [0.1, 0.15) is 28.7 Å². The van der Waals surface area contributed by atoms with E-state index >= 15 is 0 Å². The number of nitrogens with one attached hydrogen (secondary N) is 1. The molecule has 0 saturated carbocycles. The van der Waals surface area contributed by atoms with Crippen LogP contribution < -0.4 is 16.0 Å². The molecule has 3 N–H and O–H groups in total. The molecule has 0 saturated heterocycles. The van der Waals surface area contributed by atoms with Gasteiger partial charge in [0.2, 0.25) is 0 Å². The van der Waals surface area contributed by atoms with Gasteiger partial charge in [0.15, 0.2) is 5.96 Å². The largest absolute Gasteiger partial charge is 0.374 e. The van der Waals surface area contributed by atoms with Gasteiger partial charge in [0.1, 0.15) is 0 Å². The zero-order chi connectivity index (χ0) is 17.1. The second kappa shape index (κ2) is 6.95. The summed E-state index contributed by atoms with van der Waals surface area (Å²) in [5, 5.41) is 3.17. The predicted octanol–water partition coefficient (Wildman–Crippen LogP) is 3.61. The third kappa shape index (κ3) is 3.70. The Bertz CT molecular complexity index is 764. The van der Waals surface area contributed by atoms with Crippen molar-refractivity contribution in [3.8, 4) is 0 Å². The number of benzene rings is 2. The topological polar surface area (TPSA) is 53.6 Å². The first-order valence-corrected chi connectivity index (χ1v) is 8.50. The van der Waals surface area contributed by atoms with Gasteiger partial charge in [-0.05, 0) is 67.1 Å². The van der Waals surface area contributed by atoms with Crippen molar-refractivity contribution in [2.75, 3.05) is 23.8 Å². The Labute approximate surface area is 144 Å². The zero-order valence-corrected chi connectivity index (χ0v) is 14.8. The lowest BCUT2D eigenvalue weighted by molar-refractivity contribution is 0.743. The quantitative estimate of drug-likeness (QED) is 0.670. The number of anilines is 2. The molecule has 0 bridgehead atoms. The van der Waals surface area contributed by atoms with E-state index < -0.39 is 0 Å². The van der Waals surface area contributed by atoms with Crippen molar-refractivity contribution in [3.05, 3.63) is 58.7 Å². The Kier molecular flexibility index (Phi) is 4.74.